The number of aromatic nitrogens is 1. The van der Waals surface area contributed by atoms with Crippen LogP contribution in [0, 0.1) is 42.3 Å². The van der Waals surface area contributed by atoms with Gasteiger partial charge in [-0.2, -0.15) is 0 Å². The van der Waals surface area contributed by atoms with Crippen LogP contribution in [0.1, 0.15) is 35.3 Å². The van der Waals surface area contributed by atoms with Crippen molar-refractivity contribution in [1.29, 1.82) is 0 Å². The number of H-pyrrole nitrogens is 1. The Morgan fingerprint density at radius 3 is 2.50 bits per heavy atom. The van der Waals surface area contributed by atoms with Crippen LogP contribution in [-0.4, -0.2) is 41.2 Å². The van der Waals surface area contributed by atoms with Gasteiger partial charge in [0.2, 0.25) is 11.8 Å². The Hall–Kier alpha value is -4.42. The maximum Gasteiger partial charge on any atom is 0.305 e. The van der Waals surface area contributed by atoms with Gasteiger partial charge in [-0.05, 0) is 97.7 Å². The molecule has 246 valence electrons. The number of nitrogens with one attached hydrogen (secondary N) is 2. The van der Waals surface area contributed by atoms with Crippen LogP contribution in [0.15, 0.2) is 76.6 Å². The molecule has 2 N–H and O–H groups in total. The van der Waals surface area contributed by atoms with E-state index in [0.29, 0.717) is 29.5 Å². The molecule has 1 saturated heterocycles. The number of fused-ring (bicyclic) bond motifs is 9. The van der Waals surface area contributed by atoms with Crippen molar-refractivity contribution in [2.24, 2.45) is 29.6 Å². The molecule has 0 radical (unpaired) electrons. The first-order valence-electron chi connectivity index (χ1n) is 16.0. The van der Waals surface area contributed by atoms with E-state index in [2.05, 4.69) is 10.3 Å². The number of imide groups is 1. The zero-order valence-electron chi connectivity index (χ0n) is 26.1. The van der Waals surface area contributed by atoms with Crippen LogP contribution < -0.4 is 24.6 Å². The SMILES string of the molecule is CCOc1cc([C@H]2c3sc(=O)[nH]c3SC3C4CC(C5C(=O)N(c6ccc(F)cc6)C(=O)C45)C32)ccc1OCC(=O)Nc1cccc(C)c1. The number of rotatable bonds is 8. The number of aromatic amines is 1. The van der Waals surface area contributed by atoms with Gasteiger partial charge in [-0.15, -0.1) is 11.8 Å². The largest absolute Gasteiger partial charge is 0.490 e. The van der Waals surface area contributed by atoms with Gasteiger partial charge in [0.05, 0.1) is 29.2 Å². The van der Waals surface area contributed by atoms with E-state index in [1.807, 2.05) is 50.2 Å². The number of carbonyl (C=O) groups excluding carboxylic acids is 3. The number of ether oxygens (including phenoxy) is 2. The zero-order chi connectivity index (χ0) is 33.3. The van der Waals surface area contributed by atoms with Crippen LogP contribution in [-0.2, 0) is 14.4 Å². The second kappa shape index (κ2) is 11.9. The quantitative estimate of drug-likeness (QED) is 0.219. The minimum atomic E-state index is -0.477. The third kappa shape index (κ3) is 5.04. The van der Waals surface area contributed by atoms with Crippen molar-refractivity contribution in [2.45, 2.75) is 36.5 Å². The van der Waals surface area contributed by atoms with Crippen molar-refractivity contribution in [2.75, 3.05) is 23.4 Å². The zero-order valence-corrected chi connectivity index (χ0v) is 27.7. The van der Waals surface area contributed by atoms with E-state index in [-0.39, 0.29) is 58.1 Å². The second-order valence-corrected chi connectivity index (χ2v) is 15.0. The molecular formula is C36H32FN3O6S2. The Morgan fingerprint density at radius 2 is 1.75 bits per heavy atom. The lowest BCUT2D eigenvalue weighted by Gasteiger charge is -2.43. The Bertz CT molecular complexity index is 2010. The molecule has 7 atom stereocenters. The van der Waals surface area contributed by atoms with Crippen molar-refractivity contribution in [3.05, 3.63) is 98.2 Å². The first kappa shape index (κ1) is 30.9. The van der Waals surface area contributed by atoms with E-state index in [0.717, 1.165) is 27.5 Å². The minimum Gasteiger partial charge on any atom is -0.490 e. The number of thioether (sulfide) groups is 1. The number of amides is 3. The molecule has 8 rings (SSSR count). The normalized spacial score (nSPS) is 26.6. The van der Waals surface area contributed by atoms with Crippen molar-refractivity contribution in [1.82, 2.24) is 4.98 Å². The van der Waals surface area contributed by atoms with E-state index in [9.17, 15) is 23.6 Å². The summed E-state index contributed by atoms with van der Waals surface area (Å²) in [5, 5.41) is 3.67. The lowest BCUT2D eigenvalue weighted by molar-refractivity contribution is -0.123. The number of benzene rings is 3. The lowest BCUT2D eigenvalue weighted by atomic mass is 9.68. The van der Waals surface area contributed by atoms with Gasteiger partial charge in [-0.25, -0.2) is 4.39 Å². The highest BCUT2D eigenvalue weighted by atomic mass is 32.2. The maximum atomic E-state index is 14.0. The third-order valence-corrected chi connectivity index (χ3v) is 12.7. The van der Waals surface area contributed by atoms with Crippen LogP contribution in [0.2, 0.25) is 0 Å². The Morgan fingerprint density at radius 1 is 0.979 bits per heavy atom. The number of hydrogen-bond acceptors (Lipinski definition) is 8. The van der Waals surface area contributed by atoms with Crippen molar-refractivity contribution in [3.63, 3.8) is 0 Å². The summed E-state index contributed by atoms with van der Waals surface area (Å²) in [5.74, 6) is -1.57. The molecule has 4 aromatic rings. The van der Waals surface area contributed by atoms with Crippen molar-refractivity contribution < 1.29 is 28.2 Å². The molecule has 12 heteroatoms. The highest BCUT2D eigenvalue weighted by Crippen LogP contribution is 2.68. The second-order valence-electron chi connectivity index (χ2n) is 12.8. The predicted molar refractivity (Wildman–Crippen MR) is 180 cm³/mol. The number of aryl methyl sites for hydroxylation is 1. The minimum absolute atomic E-state index is 0.00790. The topological polar surface area (TPSA) is 118 Å². The van der Waals surface area contributed by atoms with Crippen LogP contribution in [0.5, 0.6) is 11.5 Å². The highest BCUT2D eigenvalue weighted by Gasteiger charge is 2.69. The fourth-order valence-electron chi connectivity index (χ4n) is 8.40. The molecular weight excluding hydrogens is 654 g/mol. The molecule has 0 spiro atoms. The van der Waals surface area contributed by atoms with Crippen LogP contribution in [0.25, 0.3) is 0 Å². The fourth-order valence-corrected chi connectivity index (χ4v) is 11.3. The number of hydrogen-bond donors (Lipinski definition) is 2. The van der Waals surface area contributed by atoms with Gasteiger partial charge >= 0.3 is 4.87 Å². The lowest BCUT2D eigenvalue weighted by Crippen LogP contribution is -2.42. The van der Waals surface area contributed by atoms with Crippen LogP contribution in [0.3, 0.4) is 0 Å². The van der Waals surface area contributed by atoms with Gasteiger partial charge < -0.3 is 19.8 Å². The number of carbonyl (C=O) groups is 3. The smallest absolute Gasteiger partial charge is 0.305 e. The van der Waals surface area contributed by atoms with Gasteiger partial charge in [0, 0.05) is 21.7 Å². The average Bonchev–Trinajstić information content (AvgIpc) is 3.80. The monoisotopic (exact) mass is 685 g/mol. The van der Waals surface area contributed by atoms with E-state index >= 15 is 0 Å². The number of nitrogens with zero attached hydrogens (tertiary/aromatic N) is 1. The maximum absolute atomic E-state index is 14.0. The Balaban J connectivity index is 1.10. The van der Waals surface area contributed by atoms with Crippen molar-refractivity contribution >= 4 is 52.2 Å². The molecule has 2 aliphatic heterocycles. The molecule has 6 unspecified atom stereocenters. The molecule has 2 bridgehead atoms. The third-order valence-electron chi connectivity index (χ3n) is 10.1. The van der Waals surface area contributed by atoms with Gasteiger partial charge in [-0.1, -0.05) is 29.5 Å². The molecule has 3 aromatic carbocycles. The molecule has 48 heavy (non-hydrogen) atoms. The Kier molecular flexibility index (Phi) is 7.67. The molecule has 3 amide bonds. The standard InChI is InChI=1S/C36H32FN3O6S2/c1-3-45-25-14-18(7-12-24(25)46-16-26(41)38-20-6-4-5-17(2)13-20)27-28-22-15-23(31(28)47-33-32(27)48-36(44)39-33)30-29(22)34(42)40(35(30)43)21-10-8-19(37)9-11-21/h4-14,22-23,27-31H,3,15-16H2,1-2H3,(H,38,41)(H,39,44)/t22?,23?,27-,28?,29?,30?,31?/m1/s1. The molecule has 2 saturated carbocycles. The first-order chi connectivity index (χ1) is 23.2. The predicted octanol–water partition coefficient (Wildman–Crippen LogP) is 5.98. The summed E-state index contributed by atoms with van der Waals surface area (Å²) < 4.78 is 25.6. The van der Waals surface area contributed by atoms with Crippen molar-refractivity contribution in [3.8, 4) is 11.5 Å². The van der Waals surface area contributed by atoms with E-state index < -0.39 is 17.7 Å². The molecule has 3 heterocycles. The summed E-state index contributed by atoms with van der Waals surface area (Å²) in [7, 11) is 0. The van der Waals surface area contributed by atoms with Gasteiger partial charge in [-0.3, -0.25) is 24.1 Å². The molecule has 2 aliphatic carbocycles. The number of halogens is 1. The van der Waals surface area contributed by atoms with Gasteiger partial charge in [0.15, 0.2) is 18.1 Å². The fraction of sp³-hybridized carbons (Fsp3) is 0.333. The molecule has 1 aromatic heterocycles. The van der Waals surface area contributed by atoms with E-state index in [4.69, 9.17) is 9.47 Å². The van der Waals surface area contributed by atoms with E-state index in [1.54, 1.807) is 17.8 Å². The number of anilines is 2. The summed E-state index contributed by atoms with van der Waals surface area (Å²) in [6.45, 7) is 3.98. The van der Waals surface area contributed by atoms with Gasteiger partial charge in [0.1, 0.15) is 5.82 Å². The summed E-state index contributed by atoms with van der Waals surface area (Å²) in [5.41, 5.74) is 3.02. The number of thiazole rings is 1. The average molecular weight is 686 g/mol. The van der Waals surface area contributed by atoms with E-state index in [1.165, 1.54) is 40.5 Å². The summed E-state index contributed by atoms with van der Waals surface area (Å²) in [6.07, 6.45) is 0.748. The summed E-state index contributed by atoms with van der Waals surface area (Å²) in [4.78, 5) is 58.2. The molecule has 9 nitrogen and oxygen atoms in total. The summed E-state index contributed by atoms with van der Waals surface area (Å²) in [6, 6.07) is 18.7. The van der Waals surface area contributed by atoms with Crippen LogP contribution >= 0.6 is 23.1 Å². The Labute approximate surface area is 283 Å². The molecule has 4 aliphatic rings. The van der Waals surface area contributed by atoms with Gasteiger partial charge in [0.25, 0.3) is 5.91 Å². The molecule has 3 fully saturated rings. The van der Waals surface area contributed by atoms with Crippen LogP contribution in [0.4, 0.5) is 15.8 Å². The summed E-state index contributed by atoms with van der Waals surface area (Å²) >= 11 is 2.79. The first-order valence-corrected chi connectivity index (χ1v) is 17.7. The highest BCUT2D eigenvalue weighted by molar-refractivity contribution is 8.00.